The fourth-order valence-corrected chi connectivity index (χ4v) is 4.79. The lowest BCUT2D eigenvalue weighted by Crippen LogP contribution is -2.65. The molecule has 2 saturated heterocycles. The summed E-state index contributed by atoms with van der Waals surface area (Å²) in [5.74, 6) is 0.207. The molecule has 2 unspecified atom stereocenters. The van der Waals surface area contributed by atoms with Crippen LogP contribution in [0.5, 0.6) is 0 Å². The van der Waals surface area contributed by atoms with Crippen LogP contribution in [-0.2, 0) is 9.59 Å². The molecule has 6 nitrogen and oxygen atoms in total. The average Bonchev–Trinajstić information content (AvgIpc) is 3.12. The van der Waals surface area contributed by atoms with Crippen molar-refractivity contribution in [2.75, 3.05) is 11.4 Å². The van der Waals surface area contributed by atoms with E-state index >= 15 is 0 Å². The first-order valence-electron chi connectivity index (χ1n) is 10.5. The van der Waals surface area contributed by atoms with Crippen LogP contribution in [0.15, 0.2) is 24.3 Å². The molecule has 2 heterocycles. The van der Waals surface area contributed by atoms with Gasteiger partial charge in [0, 0.05) is 12.5 Å². The van der Waals surface area contributed by atoms with Gasteiger partial charge in [-0.05, 0) is 42.9 Å². The second-order valence-corrected chi connectivity index (χ2v) is 8.58. The maximum atomic E-state index is 13.3. The molecule has 1 aromatic rings. The van der Waals surface area contributed by atoms with Crippen LogP contribution < -0.4 is 10.2 Å². The van der Waals surface area contributed by atoms with Gasteiger partial charge in [0.05, 0.1) is 11.7 Å². The van der Waals surface area contributed by atoms with Crippen LogP contribution in [0.1, 0.15) is 63.9 Å². The predicted octanol–water partition coefficient (Wildman–Crippen LogP) is 3.42. The fourth-order valence-electron chi connectivity index (χ4n) is 4.79. The lowest BCUT2D eigenvalue weighted by atomic mass is 9.88. The first kappa shape index (κ1) is 19.0. The van der Waals surface area contributed by atoms with Gasteiger partial charge in [-0.25, -0.2) is 9.69 Å². The number of nitrogens with zero attached hydrogens (tertiary/aromatic N) is 2. The number of hydrogen-bond donors (Lipinski definition) is 1. The van der Waals surface area contributed by atoms with E-state index in [1.54, 1.807) is 4.90 Å². The van der Waals surface area contributed by atoms with E-state index in [0.29, 0.717) is 24.6 Å². The number of rotatable bonds is 3. The molecule has 28 heavy (non-hydrogen) atoms. The normalized spacial score (nSPS) is 25.8. The Kier molecular flexibility index (Phi) is 5.13. The number of nitrogens with one attached hydrogen (secondary N) is 1. The van der Waals surface area contributed by atoms with E-state index in [1.807, 2.05) is 24.3 Å². The van der Waals surface area contributed by atoms with Crippen LogP contribution in [-0.4, -0.2) is 41.4 Å². The van der Waals surface area contributed by atoms with Crippen molar-refractivity contribution in [2.45, 2.75) is 70.4 Å². The Morgan fingerprint density at radius 3 is 2.36 bits per heavy atom. The molecule has 3 aliphatic rings. The number of amides is 4. The summed E-state index contributed by atoms with van der Waals surface area (Å²) in [6.45, 7) is 4.74. The standard InChI is InChI=1S/C22H29N3O3/c1-14(2)15-8-10-17(11-9-15)25-21(27)19-18(23-22(25)28)12-13-24(19)20(26)16-6-4-3-5-7-16/h8-11,14,16,18-19H,3-7,12-13H2,1-2H3,(H,23,28). The Labute approximate surface area is 166 Å². The number of imide groups is 1. The molecule has 2 atom stereocenters. The van der Waals surface area contributed by atoms with E-state index < -0.39 is 12.1 Å². The average molecular weight is 383 g/mol. The van der Waals surface area contributed by atoms with Gasteiger partial charge in [-0.1, -0.05) is 45.2 Å². The van der Waals surface area contributed by atoms with Crippen LogP contribution in [0, 0.1) is 5.92 Å². The molecule has 1 aliphatic carbocycles. The van der Waals surface area contributed by atoms with Gasteiger partial charge in [-0.3, -0.25) is 9.59 Å². The number of benzene rings is 1. The van der Waals surface area contributed by atoms with E-state index in [1.165, 1.54) is 11.3 Å². The quantitative estimate of drug-likeness (QED) is 0.869. The van der Waals surface area contributed by atoms with Gasteiger partial charge < -0.3 is 10.2 Å². The van der Waals surface area contributed by atoms with E-state index in [2.05, 4.69) is 19.2 Å². The number of urea groups is 1. The smallest absolute Gasteiger partial charge is 0.329 e. The van der Waals surface area contributed by atoms with Crippen LogP contribution in [0.25, 0.3) is 0 Å². The van der Waals surface area contributed by atoms with Crippen LogP contribution in [0.2, 0.25) is 0 Å². The first-order valence-corrected chi connectivity index (χ1v) is 10.5. The van der Waals surface area contributed by atoms with Crippen molar-refractivity contribution in [3.63, 3.8) is 0 Å². The Balaban J connectivity index is 1.57. The molecule has 3 fully saturated rings. The maximum Gasteiger partial charge on any atom is 0.329 e. The molecule has 1 aromatic carbocycles. The third kappa shape index (κ3) is 3.29. The van der Waals surface area contributed by atoms with Crippen molar-refractivity contribution in [1.82, 2.24) is 10.2 Å². The number of anilines is 1. The van der Waals surface area contributed by atoms with Gasteiger partial charge in [-0.15, -0.1) is 0 Å². The summed E-state index contributed by atoms with van der Waals surface area (Å²) >= 11 is 0. The zero-order valence-electron chi connectivity index (χ0n) is 16.7. The molecule has 1 N–H and O–H groups in total. The summed E-state index contributed by atoms with van der Waals surface area (Å²) in [4.78, 5) is 42.0. The molecule has 150 valence electrons. The third-order valence-corrected chi connectivity index (χ3v) is 6.44. The number of carbonyl (C=O) groups is 3. The molecule has 4 amide bonds. The number of fused-ring (bicyclic) bond motifs is 1. The Bertz CT molecular complexity index is 768. The monoisotopic (exact) mass is 383 g/mol. The zero-order chi connectivity index (χ0) is 19.8. The van der Waals surface area contributed by atoms with E-state index in [-0.39, 0.29) is 23.8 Å². The van der Waals surface area contributed by atoms with Crippen molar-refractivity contribution in [3.8, 4) is 0 Å². The summed E-state index contributed by atoms with van der Waals surface area (Å²) in [7, 11) is 0. The highest BCUT2D eigenvalue weighted by molar-refractivity contribution is 6.19. The largest absolute Gasteiger partial charge is 0.332 e. The molecule has 6 heteroatoms. The Morgan fingerprint density at radius 2 is 1.71 bits per heavy atom. The minimum absolute atomic E-state index is 0.0247. The number of carbonyl (C=O) groups excluding carboxylic acids is 3. The SMILES string of the molecule is CC(C)c1ccc(N2C(=O)NC3CCN(C(=O)C4CCCCC4)C3C2=O)cc1. The summed E-state index contributed by atoms with van der Waals surface area (Å²) in [6, 6.07) is 6.27. The second-order valence-electron chi connectivity index (χ2n) is 8.58. The molecular formula is C22H29N3O3. The molecular weight excluding hydrogens is 354 g/mol. The van der Waals surface area contributed by atoms with Crippen LogP contribution in [0.3, 0.4) is 0 Å². The first-order chi connectivity index (χ1) is 13.5. The summed E-state index contributed by atoms with van der Waals surface area (Å²) in [5.41, 5.74) is 1.71. The Hall–Kier alpha value is -2.37. The maximum absolute atomic E-state index is 13.3. The highest BCUT2D eigenvalue weighted by Gasteiger charge is 2.50. The summed E-state index contributed by atoms with van der Waals surface area (Å²) < 4.78 is 0. The van der Waals surface area contributed by atoms with Gasteiger partial charge >= 0.3 is 6.03 Å². The lowest BCUT2D eigenvalue weighted by Gasteiger charge is -2.38. The summed E-state index contributed by atoms with van der Waals surface area (Å²) in [6.07, 6.45) is 5.81. The lowest BCUT2D eigenvalue weighted by molar-refractivity contribution is -0.142. The highest BCUT2D eigenvalue weighted by Crippen LogP contribution is 2.32. The highest BCUT2D eigenvalue weighted by atomic mass is 16.2. The third-order valence-electron chi connectivity index (χ3n) is 6.44. The minimum Gasteiger partial charge on any atom is -0.332 e. The van der Waals surface area contributed by atoms with Crippen molar-refractivity contribution >= 4 is 23.5 Å². The van der Waals surface area contributed by atoms with Crippen LogP contribution >= 0.6 is 0 Å². The van der Waals surface area contributed by atoms with Gasteiger partial charge in [-0.2, -0.15) is 0 Å². The van der Waals surface area contributed by atoms with Gasteiger partial charge in [0.2, 0.25) is 5.91 Å². The van der Waals surface area contributed by atoms with E-state index in [4.69, 9.17) is 0 Å². The molecule has 0 aromatic heterocycles. The van der Waals surface area contributed by atoms with E-state index in [9.17, 15) is 14.4 Å². The molecule has 1 saturated carbocycles. The van der Waals surface area contributed by atoms with Gasteiger partial charge in [0.15, 0.2) is 0 Å². The predicted molar refractivity (Wildman–Crippen MR) is 107 cm³/mol. The van der Waals surface area contributed by atoms with Crippen molar-refractivity contribution < 1.29 is 14.4 Å². The van der Waals surface area contributed by atoms with E-state index in [0.717, 1.165) is 31.2 Å². The zero-order valence-corrected chi connectivity index (χ0v) is 16.7. The fraction of sp³-hybridized carbons (Fsp3) is 0.591. The van der Waals surface area contributed by atoms with Crippen molar-refractivity contribution in [2.24, 2.45) is 5.92 Å². The molecule has 0 bridgehead atoms. The van der Waals surface area contributed by atoms with Crippen molar-refractivity contribution in [3.05, 3.63) is 29.8 Å². The Morgan fingerprint density at radius 1 is 1.04 bits per heavy atom. The molecule has 0 spiro atoms. The summed E-state index contributed by atoms with van der Waals surface area (Å²) in [5, 5.41) is 2.95. The number of likely N-dealkylation sites (tertiary alicyclic amines) is 1. The van der Waals surface area contributed by atoms with Crippen molar-refractivity contribution in [1.29, 1.82) is 0 Å². The van der Waals surface area contributed by atoms with Crippen LogP contribution in [0.4, 0.5) is 10.5 Å². The molecule has 4 rings (SSSR count). The molecule has 0 radical (unpaired) electrons. The van der Waals surface area contributed by atoms with Gasteiger partial charge in [0.1, 0.15) is 6.04 Å². The molecule has 2 aliphatic heterocycles. The number of hydrogen-bond acceptors (Lipinski definition) is 3. The topological polar surface area (TPSA) is 69.7 Å². The van der Waals surface area contributed by atoms with Gasteiger partial charge in [0.25, 0.3) is 5.91 Å². The second kappa shape index (κ2) is 7.57. The minimum atomic E-state index is -0.586.